The van der Waals surface area contributed by atoms with Gasteiger partial charge in [0.25, 0.3) is 0 Å². The predicted octanol–water partition coefficient (Wildman–Crippen LogP) is 1.86. The van der Waals surface area contributed by atoms with E-state index in [0.29, 0.717) is 17.6 Å². The first-order chi connectivity index (χ1) is 7.67. The van der Waals surface area contributed by atoms with Crippen LogP contribution in [0.5, 0.6) is 5.75 Å². The summed E-state index contributed by atoms with van der Waals surface area (Å²) in [5.74, 6) is 0.246. The minimum Gasteiger partial charge on any atom is -0.507 e. The zero-order valence-electron chi connectivity index (χ0n) is 9.37. The van der Waals surface area contributed by atoms with E-state index in [1.807, 2.05) is 12.1 Å². The number of rotatable bonds is 6. The number of benzene rings is 1. The van der Waals surface area contributed by atoms with Crippen molar-refractivity contribution in [3.8, 4) is 5.75 Å². The number of halogens is 1. The Hall–Kier alpha value is -0.620. The smallest absolute Gasteiger partial charge is 0.169 e. The number of hydrogen-bond acceptors (Lipinski definition) is 4. The Bertz CT molecular complexity index is 329. The third-order valence-corrected chi connectivity index (χ3v) is 2.81. The predicted molar refractivity (Wildman–Crippen MR) is 65.3 cm³/mol. The van der Waals surface area contributed by atoms with Crippen molar-refractivity contribution < 1.29 is 14.6 Å². The summed E-state index contributed by atoms with van der Waals surface area (Å²) in [7, 11) is 3.21. The van der Waals surface area contributed by atoms with Crippen LogP contribution in [0.4, 0.5) is 0 Å². The molecule has 4 nitrogen and oxygen atoms in total. The van der Waals surface area contributed by atoms with Crippen LogP contribution >= 0.6 is 15.9 Å². The Morgan fingerprint density at radius 2 is 2.06 bits per heavy atom. The van der Waals surface area contributed by atoms with Gasteiger partial charge in [-0.3, -0.25) is 0 Å². The van der Waals surface area contributed by atoms with E-state index in [4.69, 9.17) is 9.47 Å². The number of ether oxygens (including phenoxy) is 2. The second-order valence-corrected chi connectivity index (χ2v) is 4.17. The zero-order valence-corrected chi connectivity index (χ0v) is 11.0. The van der Waals surface area contributed by atoms with Crippen LogP contribution in [0, 0.1) is 0 Å². The summed E-state index contributed by atoms with van der Waals surface area (Å²) >= 11 is 3.27. The van der Waals surface area contributed by atoms with E-state index in [0.717, 1.165) is 5.56 Å². The van der Waals surface area contributed by atoms with Gasteiger partial charge in [-0.05, 0) is 33.6 Å². The second-order valence-electron chi connectivity index (χ2n) is 3.32. The first-order valence-electron chi connectivity index (χ1n) is 4.91. The largest absolute Gasteiger partial charge is 0.507 e. The molecule has 16 heavy (non-hydrogen) atoms. The molecule has 0 saturated carbocycles. The van der Waals surface area contributed by atoms with E-state index in [2.05, 4.69) is 21.2 Å². The van der Waals surface area contributed by atoms with Gasteiger partial charge < -0.3 is 19.9 Å². The molecule has 1 rings (SSSR count). The number of methoxy groups -OCH3 is 2. The average Bonchev–Trinajstić information content (AvgIpc) is 2.29. The van der Waals surface area contributed by atoms with Crippen LogP contribution in [0.2, 0.25) is 0 Å². The van der Waals surface area contributed by atoms with E-state index in [-0.39, 0.29) is 12.0 Å². The van der Waals surface area contributed by atoms with Crippen molar-refractivity contribution >= 4 is 15.9 Å². The number of phenolic OH excluding ortho intramolecular Hbond substituents is 1. The summed E-state index contributed by atoms with van der Waals surface area (Å²) in [6.45, 7) is 1.31. The van der Waals surface area contributed by atoms with Crippen molar-refractivity contribution in [2.45, 2.75) is 12.8 Å². The Morgan fingerprint density at radius 1 is 1.38 bits per heavy atom. The molecule has 0 saturated heterocycles. The van der Waals surface area contributed by atoms with E-state index in [1.165, 1.54) is 0 Å². The highest BCUT2D eigenvalue weighted by atomic mass is 79.9. The Kier molecular flexibility index (Phi) is 5.76. The van der Waals surface area contributed by atoms with Gasteiger partial charge in [-0.15, -0.1) is 0 Å². The molecule has 2 N–H and O–H groups in total. The van der Waals surface area contributed by atoms with Crippen molar-refractivity contribution in [3.05, 3.63) is 28.2 Å². The lowest BCUT2D eigenvalue weighted by atomic mass is 10.2. The molecule has 1 aromatic rings. The summed E-state index contributed by atoms with van der Waals surface area (Å²) < 4.78 is 10.8. The molecule has 0 aliphatic carbocycles. The van der Waals surface area contributed by atoms with Gasteiger partial charge in [0.2, 0.25) is 0 Å². The monoisotopic (exact) mass is 289 g/mol. The highest BCUT2D eigenvalue weighted by molar-refractivity contribution is 9.10. The molecular weight excluding hydrogens is 274 g/mol. The van der Waals surface area contributed by atoms with Gasteiger partial charge in [-0.1, -0.05) is 6.07 Å². The van der Waals surface area contributed by atoms with Crippen molar-refractivity contribution in [1.29, 1.82) is 0 Å². The number of hydrogen-bond donors (Lipinski definition) is 2. The first kappa shape index (κ1) is 13.4. The highest BCUT2D eigenvalue weighted by Crippen LogP contribution is 2.24. The molecule has 0 aromatic heterocycles. The minimum absolute atomic E-state index is 0.236. The average molecular weight is 290 g/mol. The normalized spacial score (nSPS) is 11.0. The summed E-state index contributed by atoms with van der Waals surface area (Å²) in [5.41, 5.74) is 1.08. The van der Waals surface area contributed by atoms with E-state index in [1.54, 1.807) is 20.3 Å². The number of nitrogens with one attached hydrogen (secondary N) is 1. The third-order valence-electron chi connectivity index (χ3n) is 2.18. The van der Waals surface area contributed by atoms with Gasteiger partial charge in [0.15, 0.2) is 6.29 Å². The fraction of sp³-hybridized carbons (Fsp3) is 0.455. The van der Waals surface area contributed by atoms with Crippen LogP contribution in [0.1, 0.15) is 5.56 Å². The molecule has 0 unspecified atom stereocenters. The fourth-order valence-corrected chi connectivity index (χ4v) is 1.68. The van der Waals surface area contributed by atoms with Crippen molar-refractivity contribution in [1.82, 2.24) is 5.32 Å². The Labute approximate surface area is 104 Å². The second kappa shape index (κ2) is 6.85. The number of aromatic hydroxyl groups is 1. The lowest BCUT2D eigenvalue weighted by molar-refractivity contribution is -0.0989. The highest BCUT2D eigenvalue weighted by Gasteiger charge is 2.04. The van der Waals surface area contributed by atoms with Gasteiger partial charge in [0.05, 0.1) is 4.47 Å². The topological polar surface area (TPSA) is 50.7 Å². The maximum atomic E-state index is 9.33. The molecule has 0 heterocycles. The summed E-state index contributed by atoms with van der Waals surface area (Å²) in [4.78, 5) is 0. The van der Waals surface area contributed by atoms with Crippen LogP contribution in [0.15, 0.2) is 22.7 Å². The molecule has 90 valence electrons. The molecule has 5 heteroatoms. The number of phenols is 1. The van der Waals surface area contributed by atoms with Gasteiger partial charge in [-0.2, -0.15) is 0 Å². The molecule has 0 bridgehead atoms. The minimum atomic E-state index is -0.236. The SMILES string of the molecule is COC(CNCc1ccc(O)c(Br)c1)OC. The Balaban J connectivity index is 2.40. The van der Waals surface area contributed by atoms with Crippen molar-refractivity contribution in [3.63, 3.8) is 0 Å². The molecule has 0 radical (unpaired) electrons. The lowest BCUT2D eigenvalue weighted by Gasteiger charge is -2.14. The van der Waals surface area contributed by atoms with E-state index < -0.39 is 0 Å². The molecule has 0 fully saturated rings. The van der Waals surface area contributed by atoms with E-state index in [9.17, 15) is 5.11 Å². The first-order valence-corrected chi connectivity index (χ1v) is 5.70. The zero-order chi connectivity index (χ0) is 12.0. The maximum Gasteiger partial charge on any atom is 0.169 e. The van der Waals surface area contributed by atoms with Gasteiger partial charge in [-0.25, -0.2) is 0 Å². The van der Waals surface area contributed by atoms with Crippen LogP contribution in [0.25, 0.3) is 0 Å². The van der Waals surface area contributed by atoms with Crippen molar-refractivity contribution in [2.24, 2.45) is 0 Å². The van der Waals surface area contributed by atoms with Crippen molar-refractivity contribution in [2.75, 3.05) is 20.8 Å². The Morgan fingerprint density at radius 3 is 2.62 bits per heavy atom. The van der Waals surface area contributed by atoms with Crippen LogP contribution in [0.3, 0.4) is 0 Å². The maximum absolute atomic E-state index is 9.33. The fourth-order valence-electron chi connectivity index (χ4n) is 1.26. The summed E-state index contributed by atoms with van der Waals surface area (Å²) in [6, 6.07) is 5.39. The van der Waals surface area contributed by atoms with Crippen LogP contribution in [-0.2, 0) is 16.0 Å². The van der Waals surface area contributed by atoms with Gasteiger partial charge in [0.1, 0.15) is 5.75 Å². The molecule has 1 aromatic carbocycles. The molecule has 0 aliphatic rings. The van der Waals surface area contributed by atoms with E-state index >= 15 is 0 Å². The molecular formula is C11H16BrNO3. The quantitative estimate of drug-likeness (QED) is 0.785. The van der Waals surface area contributed by atoms with Crippen LogP contribution in [-0.4, -0.2) is 32.2 Å². The summed E-state index contributed by atoms with van der Waals surface area (Å²) in [6.07, 6.45) is -0.236. The van der Waals surface area contributed by atoms with Gasteiger partial charge in [0, 0.05) is 27.3 Å². The van der Waals surface area contributed by atoms with Crippen LogP contribution < -0.4 is 5.32 Å². The molecule has 0 aliphatic heterocycles. The lowest BCUT2D eigenvalue weighted by Crippen LogP contribution is -2.29. The summed E-state index contributed by atoms with van der Waals surface area (Å²) in [5, 5.41) is 12.5. The molecule has 0 atom stereocenters. The molecule has 0 amide bonds. The standard InChI is InChI=1S/C11H16BrNO3/c1-15-11(16-2)7-13-6-8-3-4-10(14)9(12)5-8/h3-5,11,13-14H,6-7H2,1-2H3. The van der Waals surface area contributed by atoms with Gasteiger partial charge >= 0.3 is 0 Å². The molecule has 0 spiro atoms. The third kappa shape index (κ3) is 4.09.